The number of hydrogen-bond donors (Lipinski definition) is 1. The van der Waals surface area contributed by atoms with Gasteiger partial charge < -0.3 is 10.1 Å². The number of esters is 1. The minimum atomic E-state index is -0.965. The molecule has 0 heterocycles. The maximum atomic E-state index is 13.7. The summed E-state index contributed by atoms with van der Waals surface area (Å²) < 4.78 is 18.2. The summed E-state index contributed by atoms with van der Waals surface area (Å²) in [6, 6.07) is 1.91. The van der Waals surface area contributed by atoms with E-state index in [-0.39, 0.29) is 23.0 Å². The first kappa shape index (κ1) is 14.2. The Hall–Kier alpha value is -2.18. The molecule has 0 aliphatic heterocycles. The molecule has 0 saturated heterocycles. The van der Waals surface area contributed by atoms with E-state index >= 15 is 0 Å². The van der Waals surface area contributed by atoms with Crippen LogP contribution in [0.25, 0.3) is 0 Å². The van der Waals surface area contributed by atoms with Crippen LogP contribution in [0.4, 0.5) is 15.8 Å². The van der Waals surface area contributed by atoms with Crippen LogP contribution in [0.15, 0.2) is 12.1 Å². The molecular formula is C13H15FN2O4. The Morgan fingerprint density at radius 2 is 2.20 bits per heavy atom. The number of nitrogens with one attached hydrogen (secondary N) is 1. The Bertz CT molecular complexity index is 558. The van der Waals surface area contributed by atoms with Crippen molar-refractivity contribution in [2.75, 3.05) is 12.4 Å². The first-order valence-electron chi connectivity index (χ1n) is 6.26. The Kier molecular flexibility index (Phi) is 3.87. The molecule has 2 rings (SSSR count). The molecule has 0 amide bonds. The summed E-state index contributed by atoms with van der Waals surface area (Å²) in [4.78, 5) is 21.7. The predicted molar refractivity (Wildman–Crippen MR) is 70.2 cm³/mol. The van der Waals surface area contributed by atoms with Crippen LogP contribution in [-0.2, 0) is 4.74 Å². The highest BCUT2D eigenvalue weighted by Gasteiger charge is 2.30. The standard InChI is InChI=1S/C13H15FN2O4/c1-7(8-3-4-8)15-11-5-9(13(17)20-2)10(14)6-12(11)16(18)19/h5-8,15H,3-4H2,1-2H3. The molecule has 1 aliphatic rings. The first-order valence-corrected chi connectivity index (χ1v) is 6.26. The molecule has 1 aliphatic carbocycles. The SMILES string of the molecule is COC(=O)c1cc(NC(C)C2CC2)c([N+](=O)[O-])cc1F. The molecule has 1 saturated carbocycles. The third kappa shape index (κ3) is 2.87. The summed E-state index contributed by atoms with van der Waals surface area (Å²) in [5.74, 6) is -1.37. The molecule has 0 aromatic heterocycles. The lowest BCUT2D eigenvalue weighted by Gasteiger charge is -2.15. The normalized spacial score (nSPS) is 15.6. The number of carbonyl (C=O) groups excluding carboxylic acids is 1. The second kappa shape index (κ2) is 5.44. The van der Waals surface area contributed by atoms with Gasteiger partial charge in [0.2, 0.25) is 0 Å². The Morgan fingerprint density at radius 3 is 2.70 bits per heavy atom. The van der Waals surface area contributed by atoms with Gasteiger partial charge in [-0.15, -0.1) is 0 Å². The topological polar surface area (TPSA) is 81.5 Å². The Labute approximate surface area is 115 Å². The first-order chi connectivity index (χ1) is 9.43. The number of methoxy groups -OCH3 is 1. The lowest BCUT2D eigenvalue weighted by atomic mass is 10.1. The number of nitro groups is 1. The fraction of sp³-hybridized carbons (Fsp3) is 0.462. The van der Waals surface area contributed by atoms with Crippen LogP contribution in [0.3, 0.4) is 0 Å². The van der Waals surface area contributed by atoms with Crippen LogP contribution in [0.1, 0.15) is 30.1 Å². The molecule has 0 radical (unpaired) electrons. The van der Waals surface area contributed by atoms with Crippen molar-refractivity contribution in [1.82, 2.24) is 0 Å². The number of benzene rings is 1. The van der Waals surface area contributed by atoms with E-state index in [9.17, 15) is 19.3 Å². The zero-order valence-electron chi connectivity index (χ0n) is 11.2. The second-order valence-electron chi connectivity index (χ2n) is 4.87. The molecule has 6 nitrogen and oxygen atoms in total. The van der Waals surface area contributed by atoms with Crippen molar-refractivity contribution >= 4 is 17.3 Å². The lowest BCUT2D eigenvalue weighted by Crippen LogP contribution is -2.19. The number of rotatable bonds is 5. The smallest absolute Gasteiger partial charge is 0.340 e. The molecule has 1 aromatic rings. The van der Waals surface area contributed by atoms with Crippen molar-refractivity contribution in [3.8, 4) is 0 Å². The summed E-state index contributed by atoms with van der Waals surface area (Å²) in [7, 11) is 1.13. The van der Waals surface area contributed by atoms with E-state index in [1.165, 1.54) is 0 Å². The fourth-order valence-electron chi connectivity index (χ4n) is 2.06. The third-order valence-corrected chi connectivity index (χ3v) is 3.40. The maximum absolute atomic E-state index is 13.7. The maximum Gasteiger partial charge on any atom is 0.340 e. The van der Waals surface area contributed by atoms with E-state index in [0.717, 1.165) is 32.1 Å². The van der Waals surface area contributed by atoms with Gasteiger partial charge in [0.05, 0.1) is 23.7 Å². The van der Waals surface area contributed by atoms with Gasteiger partial charge in [-0.2, -0.15) is 0 Å². The van der Waals surface area contributed by atoms with E-state index in [4.69, 9.17) is 0 Å². The van der Waals surface area contributed by atoms with E-state index in [0.29, 0.717) is 5.92 Å². The van der Waals surface area contributed by atoms with Gasteiger partial charge in [-0.25, -0.2) is 9.18 Å². The summed E-state index contributed by atoms with van der Waals surface area (Å²) in [5, 5.41) is 14.0. The number of anilines is 1. The average Bonchev–Trinajstić information content (AvgIpc) is 3.23. The molecule has 7 heteroatoms. The van der Waals surface area contributed by atoms with Crippen molar-refractivity contribution < 1.29 is 18.8 Å². The summed E-state index contributed by atoms with van der Waals surface area (Å²) in [6.07, 6.45) is 2.13. The number of halogens is 1. The highest BCUT2D eigenvalue weighted by Crippen LogP contribution is 2.36. The highest BCUT2D eigenvalue weighted by atomic mass is 19.1. The number of nitro benzene ring substituents is 1. The van der Waals surface area contributed by atoms with Crippen molar-refractivity contribution in [3.05, 3.63) is 33.6 Å². The van der Waals surface area contributed by atoms with Crippen LogP contribution in [-0.4, -0.2) is 24.0 Å². The molecule has 1 unspecified atom stereocenters. The number of hydrogen-bond acceptors (Lipinski definition) is 5. The van der Waals surface area contributed by atoms with Crippen LogP contribution in [0, 0.1) is 21.8 Å². The van der Waals surface area contributed by atoms with Gasteiger partial charge in [0, 0.05) is 6.04 Å². The lowest BCUT2D eigenvalue weighted by molar-refractivity contribution is -0.384. The molecular weight excluding hydrogens is 267 g/mol. The number of carbonyl (C=O) groups is 1. The summed E-state index contributed by atoms with van der Waals surface area (Å²) in [5.41, 5.74) is -0.567. The monoisotopic (exact) mass is 282 g/mol. The van der Waals surface area contributed by atoms with Gasteiger partial charge in [-0.1, -0.05) is 0 Å². The van der Waals surface area contributed by atoms with E-state index < -0.39 is 16.7 Å². The van der Waals surface area contributed by atoms with Gasteiger partial charge in [-0.3, -0.25) is 10.1 Å². The fourth-order valence-corrected chi connectivity index (χ4v) is 2.06. The summed E-state index contributed by atoms with van der Waals surface area (Å²) >= 11 is 0. The Balaban J connectivity index is 2.39. The van der Waals surface area contributed by atoms with E-state index in [1.54, 1.807) is 0 Å². The molecule has 0 spiro atoms. The van der Waals surface area contributed by atoms with Crippen molar-refractivity contribution in [2.45, 2.75) is 25.8 Å². The molecule has 1 N–H and O–H groups in total. The average molecular weight is 282 g/mol. The summed E-state index contributed by atoms with van der Waals surface area (Å²) in [6.45, 7) is 1.91. The van der Waals surface area contributed by atoms with Crippen molar-refractivity contribution in [3.63, 3.8) is 0 Å². The molecule has 0 bridgehead atoms. The highest BCUT2D eigenvalue weighted by molar-refractivity contribution is 5.92. The van der Waals surface area contributed by atoms with Gasteiger partial charge in [-0.05, 0) is 31.7 Å². The predicted octanol–water partition coefficient (Wildman–Crippen LogP) is 2.73. The minimum Gasteiger partial charge on any atom is -0.465 e. The van der Waals surface area contributed by atoms with E-state index in [1.807, 2.05) is 6.92 Å². The molecule has 1 aromatic carbocycles. The van der Waals surface area contributed by atoms with Gasteiger partial charge >= 0.3 is 5.97 Å². The zero-order chi connectivity index (χ0) is 14.9. The number of nitrogens with zero attached hydrogens (tertiary/aromatic N) is 1. The quantitative estimate of drug-likeness (QED) is 0.510. The number of ether oxygens (including phenoxy) is 1. The zero-order valence-corrected chi connectivity index (χ0v) is 11.2. The van der Waals surface area contributed by atoms with Crippen LogP contribution >= 0.6 is 0 Å². The largest absolute Gasteiger partial charge is 0.465 e. The van der Waals surface area contributed by atoms with Gasteiger partial charge in [0.1, 0.15) is 11.5 Å². The van der Waals surface area contributed by atoms with Gasteiger partial charge in [0.15, 0.2) is 0 Å². The Morgan fingerprint density at radius 1 is 1.55 bits per heavy atom. The second-order valence-corrected chi connectivity index (χ2v) is 4.87. The molecule has 1 atom stereocenters. The van der Waals surface area contributed by atoms with Crippen LogP contribution < -0.4 is 5.32 Å². The molecule has 108 valence electrons. The van der Waals surface area contributed by atoms with Crippen molar-refractivity contribution in [1.29, 1.82) is 0 Å². The minimum absolute atomic E-state index is 0.0321. The van der Waals surface area contributed by atoms with Gasteiger partial charge in [0.25, 0.3) is 5.69 Å². The van der Waals surface area contributed by atoms with E-state index in [2.05, 4.69) is 10.1 Å². The molecule has 20 heavy (non-hydrogen) atoms. The van der Waals surface area contributed by atoms with Crippen molar-refractivity contribution in [2.24, 2.45) is 5.92 Å². The van der Waals surface area contributed by atoms with Crippen LogP contribution in [0.5, 0.6) is 0 Å². The molecule has 1 fully saturated rings. The van der Waals surface area contributed by atoms with Crippen LogP contribution in [0.2, 0.25) is 0 Å². The third-order valence-electron chi connectivity index (χ3n) is 3.40.